The van der Waals surface area contributed by atoms with Crippen LogP contribution >= 0.6 is 0 Å². The Balaban J connectivity index is 2.01. The smallest absolute Gasteiger partial charge is 0.253 e. The van der Waals surface area contributed by atoms with Crippen molar-refractivity contribution in [3.63, 3.8) is 0 Å². The van der Waals surface area contributed by atoms with Gasteiger partial charge in [0.05, 0.1) is 0 Å². The van der Waals surface area contributed by atoms with E-state index in [9.17, 15) is 4.79 Å². The van der Waals surface area contributed by atoms with Crippen LogP contribution in [-0.2, 0) is 6.54 Å². The second kappa shape index (κ2) is 5.45. The molecule has 4 heteroatoms. The summed E-state index contributed by atoms with van der Waals surface area (Å²) in [6.45, 7) is 6.82. The minimum atomic E-state index is 0.0870. The molecule has 1 saturated heterocycles. The van der Waals surface area contributed by atoms with Crippen molar-refractivity contribution in [1.82, 2.24) is 14.9 Å². The lowest BCUT2D eigenvalue weighted by Gasteiger charge is -2.23. The first kappa shape index (κ1) is 12.3. The highest BCUT2D eigenvalue weighted by Crippen LogP contribution is 2.16. The van der Waals surface area contributed by atoms with Gasteiger partial charge in [-0.05, 0) is 52.1 Å². The molecule has 0 aromatic carbocycles. The van der Waals surface area contributed by atoms with Gasteiger partial charge in [-0.1, -0.05) is 0 Å². The Bertz CT molecular complexity index is 433. The van der Waals surface area contributed by atoms with E-state index < -0.39 is 0 Å². The summed E-state index contributed by atoms with van der Waals surface area (Å²) >= 11 is 0. The molecule has 0 spiro atoms. The Kier molecular flexibility index (Phi) is 3.94. The fourth-order valence-corrected chi connectivity index (χ4v) is 2.52. The van der Waals surface area contributed by atoms with Crippen LogP contribution in [0, 0.1) is 19.8 Å². The van der Waals surface area contributed by atoms with E-state index >= 15 is 0 Å². The third-order valence-corrected chi connectivity index (χ3v) is 3.55. The highest BCUT2D eigenvalue weighted by molar-refractivity contribution is 5.01. The monoisotopic (exact) mass is 235 g/mol. The maximum atomic E-state index is 11.8. The summed E-state index contributed by atoms with van der Waals surface area (Å²) in [5.41, 5.74) is 0.898. The summed E-state index contributed by atoms with van der Waals surface area (Å²) in [5, 5.41) is 3.36. The van der Waals surface area contributed by atoms with Crippen LogP contribution in [0.2, 0.25) is 0 Å². The van der Waals surface area contributed by atoms with Gasteiger partial charge in [-0.15, -0.1) is 0 Å². The zero-order valence-corrected chi connectivity index (χ0v) is 10.7. The van der Waals surface area contributed by atoms with Crippen molar-refractivity contribution in [2.75, 3.05) is 13.1 Å². The van der Waals surface area contributed by atoms with E-state index in [1.165, 1.54) is 12.8 Å². The topological polar surface area (TPSA) is 46.9 Å². The van der Waals surface area contributed by atoms with Gasteiger partial charge in [0, 0.05) is 18.3 Å². The standard InChI is InChI=1S/C13H21N3O/c1-10-9-13(17)16(11(2)15-10)8-5-12-3-6-14-7-4-12/h9,12,14H,3-8H2,1-2H3. The van der Waals surface area contributed by atoms with Gasteiger partial charge in [-0.25, -0.2) is 4.98 Å². The molecule has 0 saturated carbocycles. The zero-order chi connectivity index (χ0) is 12.3. The third-order valence-electron chi connectivity index (χ3n) is 3.55. The maximum absolute atomic E-state index is 11.8. The van der Waals surface area contributed by atoms with Crippen molar-refractivity contribution < 1.29 is 0 Å². The number of hydrogen-bond donors (Lipinski definition) is 1. The van der Waals surface area contributed by atoms with Crippen LogP contribution in [-0.4, -0.2) is 22.6 Å². The average Bonchev–Trinajstić information content (AvgIpc) is 2.29. The minimum Gasteiger partial charge on any atom is -0.317 e. The number of aromatic nitrogens is 2. The number of nitrogens with zero attached hydrogens (tertiary/aromatic N) is 2. The number of nitrogens with one attached hydrogen (secondary N) is 1. The summed E-state index contributed by atoms with van der Waals surface area (Å²) in [4.78, 5) is 16.2. The highest BCUT2D eigenvalue weighted by Gasteiger charge is 2.13. The van der Waals surface area contributed by atoms with Crippen LogP contribution < -0.4 is 10.9 Å². The Labute approximate surface area is 102 Å². The van der Waals surface area contributed by atoms with E-state index in [1.807, 2.05) is 13.8 Å². The molecule has 0 unspecified atom stereocenters. The molecule has 0 amide bonds. The number of hydrogen-bond acceptors (Lipinski definition) is 3. The molecule has 2 rings (SSSR count). The Morgan fingerprint density at radius 1 is 1.41 bits per heavy atom. The molecular formula is C13H21N3O. The lowest BCUT2D eigenvalue weighted by atomic mass is 9.95. The predicted octanol–water partition coefficient (Wildman–Crippen LogP) is 1.25. The molecule has 1 aliphatic heterocycles. The molecule has 4 nitrogen and oxygen atoms in total. The Morgan fingerprint density at radius 2 is 2.12 bits per heavy atom. The van der Waals surface area contributed by atoms with Crippen LogP contribution in [0.25, 0.3) is 0 Å². The summed E-state index contributed by atoms with van der Waals surface area (Å²) in [6.07, 6.45) is 3.55. The van der Waals surface area contributed by atoms with Crippen LogP contribution in [0.15, 0.2) is 10.9 Å². The normalized spacial score (nSPS) is 17.3. The van der Waals surface area contributed by atoms with Crippen LogP contribution in [0.5, 0.6) is 0 Å². The second-order valence-electron chi connectivity index (χ2n) is 4.92. The van der Waals surface area contributed by atoms with Crippen LogP contribution in [0.1, 0.15) is 30.8 Å². The van der Waals surface area contributed by atoms with E-state index in [-0.39, 0.29) is 5.56 Å². The molecule has 0 bridgehead atoms. The Hall–Kier alpha value is -1.16. The summed E-state index contributed by atoms with van der Waals surface area (Å²) in [6, 6.07) is 1.62. The first-order chi connectivity index (χ1) is 8.16. The average molecular weight is 235 g/mol. The third kappa shape index (κ3) is 3.16. The molecule has 1 N–H and O–H groups in total. The Morgan fingerprint density at radius 3 is 2.76 bits per heavy atom. The first-order valence-corrected chi connectivity index (χ1v) is 6.42. The lowest BCUT2D eigenvalue weighted by Crippen LogP contribution is -2.30. The van der Waals surface area contributed by atoms with E-state index in [2.05, 4.69) is 10.3 Å². The lowest BCUT2D eigenvalue weighted by molar-refractivity contribution is 0.334. The number of piperidine rings is 1. The quantitative estimate of drug-likeness (QED) is 0.857. The van der Waals surface area contributed by atoms with Gasteiger partial charge in [0.25, 0.3) is 5.56 Å². The highest BCUT2D eigenvalue weighted by atomic mass is 16.1. The molecule has 0 atom stereocenters. The summed E-state index contributed by atoms with van der Waals surface area (Å²) in [5.74, 6) is 1.59. The molecule has 1 fully saturated rings. The van der Waals surface area contributed by atoms with Gasteiger partial charge in [0.15, 0.2) is 0 Å². The van der Waals surface area contributed by atoms with E-state index in [1.54, 1.807) is 10.6 Å². The van der Waals surface area contributed by atoms with Gasteiger partial charge >= 0.3 is 0 Å². The molecule has 1 aliphatic rings. The van der Waals surface area contributed by atoms with Gasteiger partial charge < -0.3 is 5.32 Å². The molecule has 94 valence electrons. The van der Waals surface area contributed by atoms with Crippen molar-refractivity contribution in [2.24, 2.45) is 5.92 Å². The van der Waals surface area contributed by atoms with Crippen LogP contribution in [0.4, 0.5) is 0 Å². The van der Waals surface area contributed by atoms with E-state index in [4.69, 9.17) is 0 Å². The van der Waals surface area contributed by atoms with Crippen molar-refractivity contribution in [3.8, 4) is 0 Å². The van der Waals surface area contributed by atoms with Gasteiger partial charge in [0.2, 0.25) is 0 Å². The van der Waals surface area contributed by atoms with Crippen molar-refractivity contribution >= 4 is 0 Å². The van der Waals surface area contributed by atoms with Gasteiger partial charge in [-0.3, -0.25) is 9.36 Å². The molecule has 17 heavy (non-hydrogen) atoms. The second-order valence-corrected chi connectivity index (χ2v) is 4.92. The van der Waals surface area contributed by atoms with E-state index in [0.717, 1.165) is 43.5 Å². The van der Waals surface area contributed by atoms with Crippen LogP contribution in [0.3, 0.4) is 0 Å². The summed E-state index contributed by atoms with van der Waals surface area (Å²) < 4.78 is 1.80. The SMILES string of the molecule is Cc1cc(=O)n(CCC2CCNCC2)c(C)n1. The van der Waals surface area contributed by atoms with Crippen molar-refractivity contribution in [1.29, 1.82) is 0 Å². The number of rotatable bonds is 3. The molecule has 0 radical (unpaired) electrons. The fraction of sp³-hybridized carbons (Fsp3) is 0.692. The molecule has 1 aromatic heterocycles. The maximum Gasteiger partial charge on any atom is 0.253 e. The zero-order valence-electron chi connectivity index (χ0n) is 10.7. The number of aryl methyl sites for hydroxylation is 2. The van der Waals surface area contributed by atoms with Gasteiger partial charge in [0.1, 0.15) is 5.82 Å². The molecule has 2 heterocycles. The molecular weight excluding hydrogens is 214 g/mol. The molecule has 1 aromatic rings. The summed E-state index contributed by atoms with van der Waals surface area (Å²) in [7, 11) is 0. The molecule has 0 aliphatic carbocycles. The largest absolute Gasteiger partial charge is 0.317 e. The van der Waals surface area contributed by atoms with Gasteiger partial charge in [-0.2, -0.15) is 0 Å². The minimum absolute atomic E-state index is 0.0870. The van der Waals surface area contributed by atoms with Crippen molar-refractivity contribution in [3.05, 3.63) is 27.9 Å². The van der Waals surface area contributed by atoms with E-state index in [0.29, 0.717) is 0 Å². The fourth-order valence-electron chi connectivity index (χ4n) is 2.52. The first-order valence-electron chi connectivity index (χ1n) is 6.42. The predicted molar refractivity (Wildman–Crippen MR) is 68.2 cm³/mol. The van der Waals surface area contributed by atoms with Crippen molar-refractivity contribution in [2.45, 2.75) is 39.7 Å².